The second kappa shape index (κ2) is 12.3. The van der Waals surface area contributed by atoms with Crippen LogP contribution >= 0.6 is 0 Å². The van der Waals surface area contributed by atoms with E-state index in [0.29, 0.717) is 13.0 Å². The van der Waals surface area contributed by atoms with Gasteiger partial charge in [-0.25, -0.2) is 0 Å². The molecule has 0 radical (unpaired) electrons. The van der Waals surface area contributed by atoms with Crippen LogP contribution in [0, 0.1) is 0 Å². The van der Waals surface area contributed by atoms with E-state index in [4.69, 9.17) is 5.73 Å². The topological polar surface area (TPSA) is 125 Å². The van der Waals surface area contributed by atoms with Crippen LogP contribution in [0.1, 0.15) is 26.7 Å². The van der Waals surface area contributed by atoms with Gasteiger partial charge in [0.05, 0.1) is 13.1 Å². The van der Waals surface area contributed by atoms with E-state index in [0.717, 1.165) is 0 Å². The molecule has 0 aliphatic carbocycles. The molecular weight excluding hydrogens is 314 g/mol. The lowest BCUT2D eigenvalue weighted by atomic mass is 10.3. The number of amides is 4. The number of carbonyl (C=O) groups excluding carboxylic acids is 4. The Morgan fingerprint density at radius 1 is 0.875 bits per heavy atom. The molecule has 0 rings (SSSR count). The van der Waals surface area contributed by atoms with Crippen molar-refractivity contribution in [2.45, 2.75) is 26.7 Å². The van der Waals surface area contributed by atoms with Gasteiger partial charge in [0.2, 0.25) is 23.6 Å². The summed E-state index contributed by atoms with van der Waals surface area (Å²) in [5.74, 6) is -0.906. The first-order valence-corrected chi connectivity index (χ1v) is 8.12. The quantitative estimate of drug-likeness (QED) is 0.412. The fourth-order valence-corrected chi connectivity index (χ4v) is 2.00. The predicted molar refractivity (Wildman–Crippen MR) is 89.9 cm³/mol. The lowest BCUT2D eigenvalue weighted by molar-refractivity contribution is -0.136. The van der Waals surface area contributed by atoms with Crippen LogP contribution in [-0.2, 0) is 19.2 Å². The Kier molecular flexibility index (Phi) is 11.2. The molecule has 0 aromatic carbocycles. The number of rotatable bonds is 11. The molecule has 138 valence electrons. The van der Waals surface area contributed by atoms with Gasteiger partial charge in [-0.15, -0.1) is 0 Å². The summed E-state index contributed by atoms with van der Waals surface area (Å²) in [6.45, 7) is 4.34. The SMILES string of the molecule is CCC(=O)N(CCNC(=O)CN(CCN)C(=O)CC)CC(=O)NC. The van der Waals surface area contributed by atoms with Crippen LogP contribution in [0.5, 0.6) is 0 Å². The average Bonchev–Trinajstić information content (AvgIpc) is 2.58. The number of carbonyl (C=O) groups is 4. The molecule has 0 aliphatic heterocycles. The first-order valence-electron chi connectivity index (χ1n) is 8.12. The van der Waals surface area contributed by atoms with E-state index in [1.54, 1.807) is 13.8 Å². The Bertz CT molecular complexity index is 442. The summed E-state index contributed by atoms with van der Waals surface area (Å²) in [5.41, 5.74) is 5.44. The van der Waals surface area contributed by atoms with Gasteiger partial charge >= 0.3 is 0 Å². The van der Waals surface area contributed by atoms with E-state index in [2.05, 4.69) is 10.6 Å². The zero-order chi connectivity index (χ0) is 18.5. The summed E-state index contributed by atoms with van der Waals surface area (Å²) in [4.78, 5) is 49.6. The van der Waals surface area contributed by atoms with Crippen molar-refractivity contribution in [1.29, 1.82) is 0 Å². The molecule has 0 atom stereocenters. The third-order valence-electron chi connectivity index (χ3n) is 3.36. The molecule has 0 aromatic heterocycles. The van der Waals surface area contributed by atoms with Crippen molar-refractivity contribution in [1.82, 2.24) is 20.4 Å². The van der Waals surface area contributed by atoms with Gasteiger partial charge in [-0.05, 0) is 0 Å². The monoisotopic (exact) mass is 343 g/mol. The standard InChI is InChI=1S/C15H29N5O4/c1-4-14(23)19(8-6-16)11-13(22)18-7-9-20(15(24)5-2)10-12(21)17-3/h4-11,16H2,1-3H3,(H,17,21)(H,18,22). The van der Waals surface area contributed by atoms with E-state index < -0.39 is 0 Å². The fourth-order valence-electron chi connectivity index (χ4n) is 2.00. The summed E-state index contributed by atoms with van der Waals surface area (Å²) < 4.78 is 0. The van der Waals surface area contributed by atoms with E-state index in [1.807, 2.05) is 0 Å². The lowest BCUT2D eigenvalue weighted by Gasteiger charge is -2.23. The fraction of sp³-hybridized carbons (Fsp3) is 0.733. The van der Waals surface area contributed by atoms with Crippen LogP contribution in [0.4, 0.5) is 0 Å². The molecule has 4 N–H and O–H groups in total. The van der Waals surface area contributed by atoms with E-state index in [-0.39, 0.29) is 62.8 Å². The highest BCUT2D eigenvalue weighted by molar-refractivity contribution is 5.85. The first kappa shape index (κ1) is 21.8. The van der Waals surface area contributed by atoms with Crippen LogP contribution < -0.4 is 16.4 Å². The Morgan fingerprint density at radius 3 is 1.83 bits per heavy atom. The van der Waals surface area contributed by atoms with Gasteiger partial charge in [-0.1, -0.05) is 13.8 Å². The Balaban J connectivity index is 4.42. The number of hydrogen-bond acceptors (Lipinski definition) is 5. The second-order valence-electron chi connectivity index (χ2n) is 5.15. The van der Waals surface area contributed by atoms with Gasteiger partial charge < -0.3 is 26.2 Å². The molecule has 0 saturated carbocycles. The first-order chi connectivity index (χ1) is 11.4. The van der Waals surface area contributed by atoms with Crippen LogP contribution in [0.15, 0.2) is 0 Å². The number of likely N-dealkylation sites (N-methyl/N-ethyl adjacent to an activating group) is 1. The van der Waals surface area contributed by atoms with Crippen molar-refractivity contribution in [2.75, 3.05) is 46.3 Å². The molecule has 4 amide bonds. The van der Waals surface area contributed by atoms with Gasteiger partial charge in [-0.3, -0.25) is 19.2 Å². The highest BCUT2D eigenvalue weighted by atomic mass is 16.2. The van der Waals surface area contributed by atoms with E-state index in [1.165, 1.54) is 16.8 Å². The maximum absolute atomic E-state index is 11.9. The molecule has 0 unspecified atom stereocenters. The van der Waals surface area contributed by atoms with Gasteiger partial charge in [0.15, 0.2) is 0 Å². The van der Waals surface area contributed by atoms with Crippen molar-refractivity contribution >= 4 is 23.6 Å². The largest absolute Gasteiger partial charge is 0.358 e. The summed E-state index contributed by atoms with van der Waals surface area (Å²) in [5, 5.41) is 5.11. The van der Waals surface area contributed by atoms with E-state index >= 15 is 0 Å². The molecule has 0 fully saturated rings. The Hall–Kier alpha value is -2.16. The van der Waals surface area contributed by atoms with Gasteiger partial charge in [0.25, 0.3) is 0 Å². The summed E-state index contributed by atoms with van der Waals surface area (Å²) in [6, 6.07) is 0. The molecule has 0 saturated heterocycles. The minimum atomic E-state index is -0.325. The van der Waals surface area contributed by atoms with Crippen LogP contribution in [-0.4, -0.2) is 79.7 Å². The van der Waals surface area contributed by atoms with Crippen molar-refractivity contribution in [3.05, 3.63) is 0 Å². The lowest BCUT2D eigenvalue weighted by Crippen LogP contribution is -2.46. The van der Waals surface area contributed by atoms with Gasteiger partial charge in [0, 0.05) is 46.1 Å². The molecule has 0 heterocycles. The number of hydrogen-bond donors (Lipinski definition) is 3. The smallest absolute Gasteiger partial charge is 0.239 e. The second-order valence-corrected chi connectivity index (χ2v) is 5.15. The van der Waals surface area contributed by atoms with Crippen molar-refractivity contribution in [2.24, 2.45) is 5.73 Å². The highest BCUT2D eigenvalue weighted by Gasteiger charge is 2.17. The summed E-state index contributed by atoms with van der Waals surface area (Å²) in [7, 11) is 1.50. The number of nitrogens with one attached hydrogen (secondary N) is 2. The van der Waals surface area contributed by atoms with Crippen molar-refractivity contribution in [3.8, 4) is 0 Å². The molecule has 0 bridgehead atoms. The van der Waals surface area contributed by atoms with Crippen LogP contribution in [0.2, 0.25) is 0 Å². The third kappa shape index (κ3) is 8.47. The number of nitrogens with zero attached hydrogens (tertiary/aromatic N) is 2. The Labute approximate surface area is 142 Å². The molecular formula is C15H29N5O4. The summed E-state index contributed by atoms with van der Waals surface area (Å²) in [6.07, 6.45) is 0.582. The van der Waals surface area contributed by atoms with Gasteiger partial charge in [0.1, 0.15) is 0 Å². The molecule has 24 heavy (non-hydrogen) atoms. The maximum atomic E-state index is 11.9. The Morgan fingerprint density at radius 2 is 1.38 bits per heavy atom. The minimum Gasteiger partial charge on any atom is -0.358 e. The van der Waals surface area contributed by atoms with Gasteiger partial charge in [-0.2, -0.15) is 0 Å². The third-order valence-corrected chi connectivity index (χ3v) is 3.36. The average molecular weight is 343 g/mol. The zero-order valence-electron chi connectivity index (χ0n) is 14.8. The molecule has 0 aliphatic rings. The normalized spacial score (nSPS) is 10.0. The molecule has 9 nitrogen and oxygen atoms in total. The molecule has 0 spiro atoms. The van der Waals surface area contributed by atoms with Crippen molar-refractivity contribution < 1.29 is 19.2 Å². The highest BCUT2D eigenvalue weighted by Crippen LogP contribution is 1.95. The van der Waals surface area contributed by atoms with Crippen molar-refractivity contribution in [3.63, 3.8) is 0 Å². The molecule has 9 heteroatoms. The van der Waals surface area contributed by atoms with Crippen LogP contribution in [0.3, 0.4) is 0 Å². The number of nitrogens with two attached hydrogens (primary N) is 1. The molecule has 0 aromatic rings. The summed E-state index contributed by atoms with van der Waals surface area (Å²) >= 11 is 0. The maximum Gasteiger partial charge on any atom is 0.239 e. The van der Waals surface area contributed by atoms with E-state index in [9.17, 15) is 19.2 Å². The minimum absolute atomic E-state index is 0.0489. The van der Waals surface area contributed by atoms with Crippen LogP contribution in [0.25, 0.3) is 0 Å². The predicted octanol–water partition coefficient (Wildman–Crippen LogP) is -1.72. The zero-order valence-corrected chi connectivity index (χ0v) is 14.8.